The minimum atomic E-state index is 0.719. The van der Waals surface area contributed by atoms with Crippen LogP contribution in [0.3, 0.4) is 0 Å². The van der Waals surface area contributed by atoms with E-state index in [1.165, 1.54) is 31.4 Å². The van der Waals surface area contributed by atoms with Crippen LogP contribution in [0.2, 0.25) is 0 Å². The summed E-state index contributed by atoms with van der Waals surface area (Å²) in [5.74, 6) is 0. The summed E-state index contributed by atoms with van der Waals surface area (Å²) >= 11 is 0. The van der Waals surface area contributed by atoms with Crippen LogP contribution in [0.15, 0.2) is 24.3 Å². The largest absolute Gasteiger partial charge is 0.399 e. The quantitative estimate of drug-likeness (QED) is 0.726. The van der Waals surface area contributed by atoms with Crippen LogP contribution in [-0.4, -0.2) is 13.1 Å². The Hall–Kier alpha value is -1.18. The first-order valence-electron chi connectivity index (χ1n) is 5.36. The molecule has 76 valence electrons. The van der Waals surface area contributed by atoms with Gasteiger partial charge in [-0.25, -0.2) is 0 Å². The zero-order valence-electron chi connectivity index (χ0n) is 8.74. The molecule has 2 nitrogen and oxygen atoms in total. The fraction of sp³-hybridized carbons (Fsp3) is 0.500. The molecule has 0 heterocycles. The number of hydrogen-bond donors (Lipinski definition) is 1. The van der Waals surface area contributed by atoms with Gasteiger partial charge in [-0.2, -0.15) is 0 Å². The lowest BCUT2D eigenvalue weighted by molar-refractivity contribution is 0.653. The molecule has 1 aliphatic carbocycles. The molecule has 2 N–H and O–H groups in total. The summed E-state index contributed by atoms with van der Waals surface area (Å²) in [5, 5.41) is 0. The summed E-state index contributed by atoms with van der Waals surface area (Å²) in [4.78, 5) is 2.36. The molecule has 0 radical (unpaired) electrons. The second-order valence-corrected chi connectivity index (χ2v) is 4.14. The maximum absolute atomic E-state index is 5.77. The van der Waals surface area contributed by atoms with Crippen molar-refractivity contribution >= 4 is 11.4 Å². The van der Waals surface area contributed by atoms with Crippen molar-refractivity contribution in [3.05, 3.63) is 24.3 Å². The molecule has 14 heavy (non-hydrogen) atoms. The Kier molecular flexibility index (Phi) is 2.62. The number of nitrogens with two attached hydrogens (primary N) is 1. The molecule has 1 fully saturated rings. The van der Waals surface area contributed by atoms with Gasteiger partial charge in [-0.15, -0.1) is 0 Å². The van der Waals surface area contributed by atoms with Gasteiger partial charge in [-0.3, -0.25) is 0 Å². The highest BCUT2D eigenvalue weighted by atomic mass is 15.1. The smallest absolute Gasteiger partial charge is 0.0386 e. The molecule has 0 saturated heterocycles. The van der Waals surface area contributed by atoms with Gasteiger partial charge in [-0.05, 0) is 31.0 Å². The van der Waals surface area contributed by atoms with Crippen LogP contribution in [0, 0.1) is 0 Å². The zero-order valence-corrected chi connectivity index (χ0v) is 8.74. The Morgan fingerprint density at radius 3 is 2.64 bits per heavy atom. The predicted molar refractivity (Wildman–Crippen MR) is 61.5 cm³/mol. The van der Waals surface area contributed by atoms with E-state index in [1.54, 1.807) is 0 Å². The van der Waals surface area contributed by atoms with Crippen molar-refractivity contribution < 1.29 is 0 Å². The molecule has 0 aromatic heterocycles. The van der Waals surface area contributed by atoms with Crippen LogP contribution < -0.4 is 10.6 Å². The van der Waals surface area contributed by atoms with Crippen LogP contribution in [0.5, 0.6) is 0 Å². The molecule has 2 rings (SSSR count). The third-order valence-corrected chi connectivity index (χ3v) is 3.15. The molecule has 0 atom stereocenters. The van der Waals surface area contributed by atoms with Gasteiger partial charge < -0.3 is 10.6 Å². The van der Waals surface area contributed by atoms with Gasteiger partial charge in [0.2, 0.25) is 0 Å². The lowest BCUT2D eigenvalue weighted by atomic mass is 10.2. The van der Waals surface area contributed by atoms with E-state index in [9.17, 15) is 0 Å². The molecule has 0 amide bonds. The Morgan fingerprint density at radius 2 is 2.00 bits per heavy atom. The summed E-state index contributed by atoms with van der Waals surface area (Å²) in [6.07, 6.45) is 5.39. The van der Waals surface area contributed by atoms with E-state index in [2.05, 4.69) is 24.1 Å². The lowest BCUT2D eigenvalue weighted by Crippen LogP contribution is -2.28. The molecule has 1 aliphatic rings. The highest BCUT2D eigenvalue weighted by Crippen LogP contribution is 2.27. The number of nitrogens with zero attached hydrogens (tertiary/aromatic N) is 1. The number of anilines is 2. The Bertz CT molecular complexity index is 303. The summed E-state index contributed by atoms with van der Waals surface area (Å²) < 4.78 is 0. The average Bonchev–Trinajstić information content (AvgIpc) is 2.69. The second kappa shape index (κ2) is 3.91. The molecule has 1 saturated carbocycles. The van der Waals surface area contributed by atoms with Crippen LogP contribution >= 0.6 is 0 Å². The third kappa shape index (κ3) is 1.84. The van der Waals surface area contributed by atoms with Crippen molar-refractivity contribution in [1.82, 2.24) is 0 Å². The number of hydrogen-bond acceptors (Lipinski definition) is 2. The highest BCUT2D eigenvalue weighted by Gasteiger charge is 2.19. The van der Waals surface area contributed by atoms with Gasteiger partial charge in [0.05, 0.1) is 0 Å². The molecular weight excluding hydrogens is 172 g/mol. The first-order valence-corrected chi connectivity index (χ1v) is 5.36. The van der Waals surface area contributed by atoms with E-state index < -0.39 is 0 Å². The SMILES string of the molecule is CN(c1cccc(N)c1)C1CCCC1. The van der Waals surface area contributed by atoms with E-state index in [-0.39, 0.29) is 0 Å². The third-order valence-electron chi connectivity index (χ3n) is 3.15. The van der Waals surface area contributed by atoms with Gasteiger partial charge in [-0.1, -0.05) is 18.9 Å². The molecule has 0 unspecified atom stereocenters. The average molecular weight is 190 g/mol. The molecule has 0 spiro atoms. The van der Waals surface area contributed by atoms with Gasteiger partial charge in [0.15, 0.2) is 0 Å². The van der Waals surface area contributed by atoms with Crippen LogP contribution in [-0.2, 0) is 0 Å². The normalized spacial score (nSPS) is 17.2. The number of benzene rings is 1. The van der Waals surface area contributed by atoms with Gasteiger partial charge in [0.1, 0.15) is 0 Å². The topological polar surface area (TPSA) is 29.3 Å². The number of rotatable bonds is 2. The van der Waals surface area contributed by atoms with Crippen LogP contribution in [0.1, 0.15) is 25.7 Å². The fourth-order valence-electron chi connectivity index (χ4n) is 2.25. The van der Waals surface area contributed by atoms with Gasteiger partial charge in [0, 0.05) is 24.5 Å². The minimum absolute atomic E-state index is 0.719. The molecule has 0 aliphatic heterocycles. The second-order valence-electron chi connectivity index (χ2n) is 4.14. The molecule has 1 aromatic carbocycles. The van der Waals surface area contributed by atoms with Crippen LogP contribution in [0.25, 0.3) is 0 Å². The minimum Gasteiger partial charge on any atom is -0.399 e. The van der Waals surface area contributed by atoms with Crippen molar-refractivity contribution in [3.63, 3.8) is 0 Å². The molecule has 1 aromatic rings. The van der Waals surface area contributed by atoms with E-state index in [4.69, 9.17) is 5.73 Å². The molecular formula is C12H18N2. The van der Waals surface area contributed by atoms with Gasteiger partial charge >= 0.3 is 0 Å². The van der Waals surface area contributed by atoms with E-state index >= 15 is 0 Å². The Balaban J connectivity index is 2.13. The zero-order chi connectivity index (χ0) is 9.97. The molecule has 0 bridgehead atoms. The maximum Gasteiger partial charge on any atom is 0.0386 e. The fourth-order valence-corrected chi connectivity index (χ4v) is 2.25. The van der Waals surface area contributed by atoms with E-state index in [1.807, 2.05) is 12.1 Å². The summed E-state index contributed by atoms with van der Waals surface area (Å²) in [7, 11) is 2.17. The first-order chi connectivity index (χ1) is 6.77. The van der Waals surface area contributed by atoms with E-state index in [0.717, 1.165) is 11.7 Å². The van der Waals surface area contributed by atoms with Crippen molar-refractivity contribution in [3.8, 4) is 0 Å². The summed E-state index contributed by atoms with van der Waals surface area (Å²) in [5.41, 5.74) is 7.87. The van der Waals surface area contributed by atoms with E-state index in [0.29, 0.717) is 0 Å². The first kappa shape index (κ1) is 9.38. The Morgan fingerprint density at radius 1 is 1.29 bits per heavy atom. The lowest BCUT2D eigenvalue weighted by Gasteiger charge is -2.26. The number of nitrogen functional groups attached to an aromatic ring is 1. The monoisotopic (exact) mass is 190 g/mol. The van der Waals surface area contributed by atoms with Crippen molar-refractivity contribution in [2.75, 3.05) is 17.7 Å². The van der Waals surface area contributed by atoms with Crippen LogP contribution in [0.4, 0.5) is 11.4 Å². The Labute approximate surface area is 85.7 Å². The van der Waals surface area contributed by atoms with Crippen molar-refractivity contribution in [1.29, 1.82) is 0 Å². The van der Waals surface area contributed by atoms with Crippen molar-refractivity contribution in [2.45, 2.75) is 31.7 Å². The predicted octanol–water partition coefficient (Wildman–Crippen LogP) is 2.65. The van der Waals surface area contributed by atoms with Crippen molar-refractivity contribution in [2.24, 2.45) is 0 Å². The van der Waals surface area contributed by atoms with Gasteiger partial charge in [0.25, 0.3) is 0 Å². The summed E-state index contributed by atoms with van der Waals surface area (Å²) in [6, 6.07) is 8.87. The maximum atomic E-state index is 5.77. The standard InChI is InChI=1S/C12H18N2/c1-14(11-6-2-3-7-11)12-8-4-5-10(13)9-12/h4-5,8-9,11H,2-3,6-7,13H2,1H3. The molecule has 2 heteroatoms. The summed E-state index contributed by atoms with van der Waals surface area (Å²) in [6.45, 7) is 0. The highest BCUT2D eigenvalue weighted by molar-refractivity contribution is 5.56.